The molecule has 7 aromatic carbocycles. The quantitative estimate of drug-likeness (QED) is 0.162. The van der Waals surface area contributed by atoms with Gasteiger partial charge in [-0.05, 0) is 65.6 Å². The van der Waals surface area contributed by atoms with Gasteiger partial charge in [-0.15, -0.1) is 0 Å². The van der Waals surface area contributed by atoms with Gasteiger partial charge in [-0.25, -0.2) is 0 Å². The van der Waals surface area contributed by atoms with Gasteiger partial charge in [-0.2, -0.15) is 0 Å². The molecule has 2 nitrogen and oxygen atoms in total. The molecule has 0 aliphatic heterocycles. The minimum Gasteiger partial charge on any atom is -0.309 e. The molecule has 0 unspecified atom stereocenters. The van der Waals surface area contributed by atoms with Crippen molar-refractivity contribution >= 4 is 44.9 Å². The number of rotatable bonds is 7. The summed E-state index contributed by atoms with van der Waals surface area (Å²) in [5.74, 6) is 0. The van der Waals surface area contributed by atoms with Gasteiger partial charge in [0.2, 0.25) is 0 Å². The Morgan fingerprint density at radius 3 is 1.22 bits per heavy atom. The van der Waals surface area contributed by atoms with Crippen molar-refractivity contribution in [1.82, 2.24) is 9.13 Å². The number of hydrogen-bond acceptors (Lipinski definition) is 0. The highest BCUT2D eigenvalue weighted by Gasteiger charge is 2.21. The van der Waals surface area contributed by atoms with Gasteiger partial charge in [0.25, 0.3) is 0 Å². The van der Waals surface area contributed by atoms with E-state index in [0.717, 1.165) is 28.1 Å². The highest BCUT2D eigenvalue weighted by molar-refractivity contribution is 6.10. The third kappa shape index (κ3) is 4.87. The van der Waals surface area contributed by atoms with Crippen LogP contribution in [0.15, 0.2) is 183 Å². The lowest BCUT2D eigenvalue weighted by atomic mass is 9.88. The lowest BCUT2D eigenvalue weighted by Crippen LogP contribution is -2.01. The Hall–Kier alpha value is -6.64. The second-order valence-corrected chi connectivity index (χ2v) is 12.9. The number of nitrogens with zero attached hydrogens (tertiary/aromatic N) is 2. The molecule has 0 radical (unpaired) electrons. The number of fused-ring (bicyclic) bond motifs is 4. The van der Waals surface area contributed by atoms with E-state index < -0.39 is 0 Å². The van der Waals surface area contributed by atoms with E-state index in [4.69, 9.17) is 0 Å². The van der Waals surface area contributed by atoms with Crippen LogP contribution < -0.4 is 0 Å². The minimum absolute atomic E-state index is 1.08. The Balaban J connectivity index is 1.28. The first kappa shape index (κ1) is 30.4. The van der Waals surface area contributed by atoms with Crippen molar-refractivity contribution in [3.63, 3.8) is 0 Å². The normalized spacial score (nSPS) is 11.6. The number of allylic oxidation sites excluding steroid dienone is 1. The van der Waals surface area contributed by atoms with Crippen LogP contribution in [0, 0.1) is 0 Å². The molecule has 0 atom stereocenters. The van der Waals surface area contributed by atoms with E-state index in [1.807, 2.05) is 6.08 Å². The molecule has 0 aliphatic carbocycles. The molecule has 2 heterocycles. The van der Waals surface area contributed by atoms with Crippen molar-refractivity contribution < 1.29 is 0 Å². The van der Waals surface area contributed by atoms with Gasteiger partial charge in [0.15, 0.2) is 0 Å². The van der Waals surface area contributed by atoms with Crippen LogP contribution in [0.4, 0.5) is 0 Å². The zero-order valence-corrected chi connectivity index (χ0v) is 28.5. The second-order valence-electron chi connectivity index (χ2n) is 12.9. The van der Waals surface area contributed by atoms with E-state index in [0.29, 0.717) is 0 Å². The Morgan fingerprint density at radius 2 is 0.745 bits per heavy atom. The standard InChI is InChI=1S/C49H36N2/c1-3-19-38-41-26-11-16-31-47(41)50(44(38)4-2)45-29-14-9-24-39(45)36-22-7-5-20-34(36)35-21-6-8-23-37(35)40-25-10-15-30-46(40)51-48-32-17-12-27-42(48)43-28-13-18-33-49(43)51/h3-33H,2H2,1H3/b19-3-. The van der Waals surface area contributed by atoms with E-state index in [-0.39, 0.29) is 0 Å². The second kappa shape index (κ2) is 12.7. The first-order valence-corrected chi connectivity index (χ1v) is 17.5. The highest BCUT2D eigenvalue weighted by Crippen LogP contribution is 2.44. The molecule has 0 amide bonds. The maximum Gasteiger partial charge on any atom is 0.0541 e. The molecular weight excluding hydrogens is 617 g/mol. The van der Waals surface area contributed by atoms with E-state index in [1.165, 1.54) is 60.6 Å². The zero-order valence-electron chi connectivity index (χ0n) is 28.5. The molecule has 0 saturated carbocycles. The molecule has 0 saturated heterocycles. The van der Waals surface area contributed by atoms with Crippen molar-refractivity contribution in [2.75, 3.05) is 0 Å². The molecule has 0 aliphatic rings. The van der Waals surface area contributed by atoms with Gasteiger partial charge in [-0.1, -0.05) is 158 Å². The first-order chi connectivity index (χ1) is 25.3. The third-order valence-electron chi connectivity index (χ3n) is 10.1. The molecule has 0 spiro atoms. The maximum atomic E-state index is 4.28. The van der Waals surface area contributed by atoms with Crippen molar-refractivity contribution in [3.05, 3.63) is 194 Å². The third-order valence-corrected chi connectivity index (χ3v) is 10.1. The van der Waals surface area contributed by atoms with Crippen LogP contribution in [0.5, 0.6) is 0 Å². The van der Waals surface area contributed by atoms with Crippen LogP contribution in [0.1, 0.15) is 18.2 Å². The molecule has 2 aromatic heterocycles. The average Bonchev–Trinajstić information content (AvgIpc) is 3.70. The number of benzene rings is 7. The summed E-state index contributed by atoms with van der Waals surface area (Å²) < 4.78 is 4.79. The van der Waals surface area contributed by atoms with Gasteiger partial charge in [0.05, 0.1) is 33.6 Å². The fourth-order valence-corrected chi connectivity index (χ4v) is 7.97. The van der Waals surface area contributed by atoms with Crippen molar-refractivity contribution in [1.29, 1.82) is 0 Å². The molecule has 0 fully saturated rings. The molecule has 2 heteroatoms. The number of para-hydroxylation sites is 5. The average molecular weight is 653 g/mol. The van der Waals surface area contributed by atoms with Crippen LogP contribution in [0.25, 0.3) is 89.6 Å². The zero-order chi connectivity index (χ0) is 34.3. The molecule has 0 bridgehead atoms. The van der Waals surface area contributed by atoms with Gasteiger partial charge in [0, 0.05) is 32.8 Å². The first-order valence-electron chi connectivity index (χ1n) is 17.5. The largest absolute Gasteiger partial charge is 0.309 e. The summed E-state index contributed by atoms with van der Waals surface area (Å²) in [5, 5.41) is 3.72. The van der Waals surface area contributed by atoms with E-state index in [2.05, 4.69) is 205 Å². The van der Waals surface area contributed by atoms with Crippen LogP contribution >= 0.6 is 0 Å². The van der Waals surface area contributed by atoms with Gasteiger partial charge in [0.1, 0.15) is 0 Å². The minimum atomic E-state index is 1.08. The van der Waals surface area contributed by atoms with Crippen molar-refractivity contribution in [2.24, 2.45) is 0 Å². The van der Waals surface area contributed by atoms with Crippen LogP contribution in [0.2, 0.25) is 0 Å². The lowest BCUT2D eigenvalue weighted by molar-refractivity contribution is 1.11. The van der Waals surface area contributed by atoms with Gasteiger partial charge < -0.3 is 9.13 Å². The molecular formula is C49H36N2. The molecule has 9 rings (SSSR count). The summed E-state index contributed by atoms with van der Waals surface area (Å²) >= 11 is 0. The molecule has 51 heavy (non-hydrogen) atoms. The summed E-state index contributed by atoms with van der Waals surface area (Å²) in [6.45, 7) is 6.35. The monoisotopic (exact) mass is 652 g/mol. The summed E-state index contributed by atoms with van der Waals surface area (Å²) in [7, 11) is 0. The van der Waals surface area contributed by atoms with Crippen molar-refractivity contribution in [3.8, 4) is 44.8 Å². The SMILES string of the molecule is C=Cc1c(/C=C\C)c2ccccc2n1-c1ccccc1-c1ccccc1-c1ccccc1-c1ccccc1-n1c2ccccc2c2ccccc21. The fourth-order valence-electron chi connectivity index (χ4n) is 7.97. The number of aromatic nitrogens is 2. The van der Waals surface area contributed by atoms with Gasteiger partial charge in [-0.3, -0.25) is 0 Å². The molecule has 0 N–H and O–H groups in total. The Bertz CT molecular complexity index is 2730. The maximum absolute atomic E-state index is 4.28. The molecule has 9 aromatic rings. The molecule has 242 valence electrons. The summed E-state index contributed by atoms with van der Waals surface area (Å²) in [5.41, 5.74) is 15.2. The number of hydrogen-bond donors (Lipinski definition) is 0. The van der Waals surface area contributed by atoms with E-state index in [9.17, 15) is 0 Å². The summed E-state index contributed by atoms with van der Waals surface area (Å²) in [6, 6.07) is 61.3. The van der Waals surface area contributed by atoms with Crippen molar-refractivity contribution in [2.45, 2.75) is 6.92 Å². The smallest absolute Gasteiger partial charge is 0.0541 e. The van der Waals surface area contributed by atoms with E-state index in [1.54, 1.807) is 0 Å². The topological polar surface area (TPSA) is 9.86 Å². The lowest BCUT2D eigenvalue weighted by Gasteiger charge is -2.20. The van der Waals surface area contributed by atoms with E-state index >= 15 is 0 Å². The summed E-state index contributed by atoms with van der Waals surface area (Å²) in [4.78, 5) is 0. The fraction of sp³-hybridized carbons (Fsp3) is 0.0204. The Labute approximate surface area is 298 Å². The van der Waals surface area contributed by atoms with Crippen LogP contribution in [0.3, 0.4) is 0 Å². The van der Waals surface area contributed by atoms with Crippen LogP contribution in [-0.2, 0) is 0 Å². The predicted molar refractivity (Wildman–Crippen MR) is 219 cm³/mol. The summed E-state index contributed by atoms with van der Waals surface area (Å²) in [6.07, 6.45) is 6.28. The van der Waals surface area contributed by atoms with Gasteiger partial charge >= 0.3 is 0 Å². The predicted octanol–water partition coefficient (Wildman–Crippen LogP) is 13.4. The Kier molecular flexibility index (Phi) is 7.56. The Morgan fingerprint density at radius 1 is 0.392 bits per heavy atom. The highest BCUT2D eigenvalue weighted by atomic mass is 15.0. The van der Waals surface area contributed by atoms with Crippen LogP contribution in [-0.4, -0.2) is 9.13 Å².